The van der Waals surface area contributed by atoms with Crippen molar-refractivity contribution in [1.82, 2.24) is 0 Å². The molecule has 0 atom stereocenters. The van der Waals surface area contributed by atoms with Crippen LogP contribution in [0.1, 0.15) is 30.0 Å². The van der Waals surface area contributed by atoms with Crippen molar-refractivity contribution in [3.8, 4) is 0 Å². The molecular weight excluding hydrogens is 172 g/mol. The molecule has 2 aliphatic rings. The average Bonchev–Trinajstić information content (AvgIpc) is 2.60. The Morgan fingerprint density at radius 1 is 1.14 bits per heavy atom. The zero-order chi connectivity index (χ0) is 9.60. The van der Waals surface area contributed by atoms with Gasteiger partial charge in [-0.3, -0.25) is 0 Å². The zero-order valence-electron chi connectivity index (χ0n) is 8.68. The van der Waals surface area contributed by atoms with Crippen molar-refractivity contribution in [2.45, 2.75) is 31.6 Å². The molecule has 0 bridgehead atoms. The highest BCUT2D eigenvalue weighted by atomic mass is 16.5. The second kappa shape index (κ2) is 2.83. The van der Waals surface area contributed by atoms with E-state index in [9.17, 15) is 0 Å². The Bertz CT molecular complexity index is 363. The van der Waals surface area contributed by atoms with Crippen molar-refractivity contribution in [3.63, 3.8) is 0 Å². The monoisotopic (exact) mass is 188 g/mol. The van der Waals surface area contributed by atoms with Crippen molar-refractivity contribution in [1.29, 1.82) is 0 Å². The second-order valence-electron chi connectivity index (χ2n) is 4.89. The summed E-state index contributed by atoms with van der Waals surface area (Å²) in [7, 11) is 0. The smallest absolute Gasteiger partial charge is 0.0582 e. The van der Waals surface area contributed by atoms with E-state index < -0.39 is 0 Å². The van der Waals surface area contributed by atoms with Crippen LogP contribution >= 0.6 is 0 Å². The fourth-order valence-corrected chi connectivity index (χ4v) is 2.52. The number of benzene rings is 1. The second-order valence-corrected chi connectivity index (χ2v) is 4.89. The first kappa shape index (κ1) is 8.49. The fraction of sp³-hybridized carbons (Fsp3) is 0.538. The summed E-state index contributed by atoms with van der Waals surface area (Å²) in [4.78, 5) is 0. The highest BCUT2D eigenvalue weighted by molar-refractivity contribution is 5.39. The van der Waals surface area contributed by atoms with E-state index in [1.165, 1.54) is 24.8 Å². The zero-order valence-corrected chi connectivity index (χ0v) is 8.68. The third-order valence-corrected chi connectivity index (χ3v) is 3.64. The van der Waals surface area contributed by atoms with Crippen molar-refractivity contribution in [2.75, 3.05) is 13.2 Å². The molecule has 0 spiro atoms. The summed E-state index contributed by atoms with van der Waals surface area (Å²) < 4.78 is 5.31. The Balaban J connectivity index is 2.00. The molecule has 1 aliphatic carbocycles. The molecule has 0 saturated carbocycles. The standard InChI is InChI=1S/C13H16O/c1-13(8-14-9-13)12-6-5-10-3-2-4-11(10)7-12/h5-7H,2-4,8-9H2,1H3. The molecule has 1 nitrogen and oxygen atoms in total. The normalized spacial score (nSPS) is 22.9. The molecule has 1 aromatic rings. The molecule has 0 N–H and O–H groups in total. The summed E-state index contributed by atoms with van der Waals surface area (Å²) in [6, 6.07) is 7.03. The van der Waals surface area contributed by atoms with Crippen molar-refractivity contribution in [2.24, 2.45) is 0 Å². The number of hydrogen-bond donors (Lipinski definition) is 0. The van der Waals surface area contributed by atoms with E-state index in [0.717, 1.165) is 13.2 Å². The van der Waals surface area contributed by atoms with Crippen LogP contribution in [0.3, 0.4) is 0 Å². The molecule has 1 aromatic carbocycles. The average molecular weight is 188 g/mol. The van der Waals surface area contributed by atoms with Crippen molar-refractivity contribution < 1.29 is 4.74 Å². The van der Waals surface area contributed by atoms with E-state index in [4.69, 9.17) is 4.74 Å². The van der Waals surface area contributed by atoms with Gasteiger partial charge in [-0.1, -0.05) is 25.1 Å². The molecule has 1 aliphatic heterocycles. The van der Waals surface area contributed by atoms with Crippen LogP contribution in [0.25, 0.3) is 0 Å². The van der Waals surface area contributed by atoms with Gasteiger partial charge in [0, 0.05) is 5.41 Å². The molecule has 1 heteroatoms. The van der Waals surface area contributed by atoms with Crippen LogP contribution in [-0.4, -0.2) is 13.2 Å². The van der Waals surface area contributed by atoms with Crippen LogP contribution in [0.15, 0.2) is 18.2 Å². The molecule has 1 saturated heterocycles. The maximum absolute atomic E-state index is 5.31. The number of ether oxygens (including phenoxy) is 1. The van der Waals surface area contributed by atoms with E-state index in [1.807, 2.05) is 0 Å². The summed E-state index contributed by atoms with van der Waals surface area (Å²) in [6.45, 7) is 4.09. The van der Waals surface area contributed by atoms with Crippen LogP contribution in [0.4, 0.5) is 0 Å². The lowest BCUT2D eigenvalue weighted by atomic mass is 9.80. The Hall–Kier alpha value is -0.820. The third-order valence-electron chi connectivity index (χ3n) is 3.64. The van der Waals surface area contributed by atoms with Crippen LogP contribution in [0.5, 0.6) is 0 Å². The SMILES string of the molecule is CC1(c2ccc3c(c2)CCC3)COC1. The maximum Gasteiger partial charge on any atom is 0.0582 e. The van der Waals surface area contributed by atoms with E-state index in [0.29, 0.717) is 5.41 Å². The quantitative estimate of drug-likeness (QED) is 0.658. The van der Waals surface area contributed by atoms with Crippen molar-refractivity contribution in [3.05, 3.63) is 34.9 Å². The molecular formula is C13H16O. The van der Waals surface area contributed by atoms with Gasteiger partial charge in [0.1, 0.15) is 0 Å². The van der Waals surface area contributed by atoms with Gasteiger partial charge in [0.25, 0.3) is 0 Å². The van der Waals surface area contributed by atoms with Gasteiger partial charge < -0.3 is 4.74 Å². The van der Waals surface area contributed by atoms with Gasteiger partial charge >= 0.3 is 0 Å². The summed E-state index contributed by atoms with van der Waals surface area (Å²) in [6.07, 6.45) is 3.90. The van der Waals surface area contributed by atoms with E-state index in [-0.39, 0.29) is 0 Å². The first-order chi connectivity index (χ1) is 6.78. The third kappa shape index (κ3) is 1.12. The fourth-order valence-electron chi connectivity index (χ4n) is 2.52. The van der Waals surface area contributed by atoms with Gasteiger partial charge in [-0.2, -0.15) is 0 Å². The Morgan fingerprint density at radius 2 is 1.93 bits per heavy atom. The first-order valence-corrected chi connectivity index (χ1v) is 5.48. The predicted octanol–water partition coefficient (Wildman–Crippen LogP) is 2.46. The predicted molar refractivity (Wildman–Crippen MR) is 56.6 cm³/mol. The first-order valence-electron chi connectivity index (χ1n) is 5.48. The summed E-state index contributed by atoms with van der Waals surface area (Å²) in [5.41, 5.74) is 4.93. The topological polar surface area (TPSA) is 9.23 Å². The summed E-state index contributed by atoms with van der Waals surface area (Å²) >= 11 is 0. The van der Waals surface area contributed by atoms with Crippen LogP contribution < -0.4 is 0 Å². The van der Waals surface area contributed by atoms with E-state index in [2.05, 4.69) is 25.1 Å². The van der Waals surface area contributed by atoms with Gasteiger partial charge in [-0.05, 0) is 36.0 Å². The molecule has 0 radical (unpaired) electrons. The molecule has 0 unspecified atom stereocenters. The largest absolute Gasteiger partial charge is 0.379 e. The van der Waals surface area contributed by atoms with Crippen LogP contribution in [-0.2, 0) is 23.0 Å². The number of hydrogen-bond acceptors (Lipinski definition) is 1. The van der Waals surface area contributed by atoms with Gasteiger partial charge in [-0.25, -0.2) is 0 Å². The molecule has 0 aromatic heterocycles. The minimum Gasteiger partial charge on any atom is -0.379 e. The molecule has 3 rings (SSSR count). The molecule has 0 amide bonds. The lowest BCUT2D eigenvalue weighted by Gasteiger charge is -2.38. The highest BCUT2D eigenvalue weighted by Crippen LogP contribution is 2.34. The van der Waals surface area contributed by atoms with Gasteiger partial charge in [-0.15, -0.1) is 0 Å². The lowest BCUT2D eigenvalue weighted by Crippen LogP contribution is -2.43. The van der Waals surface area contributed by atoms with Gasteiger partial charge in [0.15, 0.2) is 0 Å². The van der Waals surface area contributed by atoms with Crippen molar-refractivity contribution >= 4 is 0 Å². The van der Waals surface area contributed by atoms with Crippen LogP contribution in [0, 0.1) is 0 Å². The van der Waals surface area contributed by atoms with Gasteiger partial charge in [0.05, 0.1) is 13.2 Å². The highest BCUT2D eigenvalue weighted by Gasteiger charge is 2.35. The molecule has 74 valence electrons. The lowest BCUT2D eigenvalue weighted by molar-refractivity contribution is -0.0500. The summed E-state index contributed by atoms with van der Waals surface area (Å²) in [5.74, 6) is 0. The van der Waals surface area contributed by atoms with E-state index in [1.54, 1.807) is 11.1 Å². The number of rotatable bonds is 1. The minimum atomic E-state index is 0.303. The molecule has 14 heavy (non-hydrogen) atoms. The number of aryl methyl sites for hydroxylation is 2. The Labute approximate surface area is 85.1 Å². The Morgan fingerprint density at radius 3 is 2.64 bits per heavy atom. The summed E-state index contributed by atoms with van der Waals surface area (Å²) in [5, 5.41) is 0. The Kier molecular flexibility index (Phi) is 1.72. The van der Waals surface area contributed by atoms with Crippen LogP contribution in [0.2, 0.25) is 0 Å². The number of fused-ring (bicyclic) bond motifs is 1. The maximum atomic E-state index is 5.31. The minimum absolute atomic E-state index is 0.303. The van der Waals surface area contributed by atoms with E-state index >= 15 is 0 Å². The van der Waals surface area contributed by atoms with Gasteiger partial charge in [0.2, 0.25) is 0 Å². The molecule has 1 heterocycles. The molecule has 1 fully saturated rings.